The normalized spacial score (nSPS) is 16.4. The maximum Gasteiger partial charge on any atom is 0.131 e. The van der Waals surface area contributed by atoms with Gasteiger partial charge in [-0.3, -0.25) is 5.10 Å². The first kappa shape index (κ1) is 9.44. The van der Waals surface area contributed by atoms with Crippen molar-refractivity contribution in [3.05, 3.63) is 17.0 Å². The van der Waals surface area contributed by atoms with Crippen LogP contribution in [0, 0.1) is 0 Å². The van der Waals surface area contributed by atoms with Gasteiger partial charge in [-0.05, 0) is 45.1 Å². The van der Waals surface area contributed by atoms with Crippen molar-refractivity contribution in [3.8, 4) is 0 Å². The molecule has 3 heteroatoms. The molecule has 1 aliphatic rings. The molecule has 0 amide bonds. The van der Waals surface area contributed by atoms with Gasteiger partial charge in [0.25, 0.3) is 0 Å². The third-order valence-electron chi connectivity index (χ3n) is 2.96. The van der Waals surface area contributed by atoms with Gasteiger partial charge < -0.3 is 4.79 Å². The predicted molar refractivity (Wildman–Crippen MR) is 54.3 cm³/mol. The van der Waals surface area contributed by atoms with Crippen molar-refractivity contribution in [1.29, 1.82) is 0 Å². The molecule has 1 aliphatic carbocycles. The maximum atomic E-state index is 11.0. The Balaban J connectivity index is 2.44. The number of aldehydes is 1. The molecular weight excluding hydrogens is 176 g/mol. The minimum absolute atomic E-state index is 0.443. The van der Waals surface area contributed by atoms with E-state index in [9.17, 15) is 4.79 Å². The van der Waals surface area contributed by atoms with Crippen molar-refractivity contribution in [2.45, 2.75) is 44.9 Å². The summed E-state index contributed by atoms with van der Waals surface area (Å²) in [5, 5.41) is 7.34. The Morgan fingerprint density at radius 2 is 2.07 bits per heavy atom. The summed E-state index contributed by atoms with van der Waals surface area (Å²) in [5.74, 6) is 0. The van der Waals surface area contributed by atoms with Crippen molar-refractivity contribution in [2.75, 3.05) is 0 Å². The number of fused-ring (bicyclic) bond motifs is 1. The zero-order valence-corrected chi connectivity index (χ0v) is 8.76. The van der Waals surface area contributed by atoms with Crippen LogP contribution >= 0.6 is 0 Å². The minimum atomic E-state index is -0.443. The van der Waals surface area contributed by atoms with E-state index in [2.05, 4.69) is 10.2 Å². The van der Waals surface area contributed by atoms with E-state index in [0.29, 0.717) is 0 Å². The molecule has 0 aliphatic heterocycles. The summed E-state index contributed by atoms with van der Waals surface area (Å²) in [4.78, 5) is 11.0. The first-order valence-corrected chi connectivity index (χ1v) is 5.18. The van der Waals surface area contributed by atoms with Crippen molar-refractivity contribution in [1.82, 2.24) is 10.2 Å². The van der Waals surface area contributed by atoms with Gasteiger partial charge in [-0.15, -0.1) is 0 Å². The molecule has 14 heavy (non-hydrogen) atoms. The third kappa shape index (κ3) is 1.37. The Hall–Kier alpha value is -1.12. The lowest BCUT2D eigenvalue weighted by atomic mass is 9.84. The molecule has 3 nitrogen and oxygen atoms in total. The number of nitrogens with zero attached hydrogens (tertiary/aromatic N) is 1. The van der Waals surface area contributed by atoms with Gasteiger partial charge in [0.05, 0.1) is 11.1 Å². The minimum Gasteiger partial charge on any atom is -0.302 e. The molecule has 0 saturated carbocycles. The fourth-order valence-electron chi connectivity index (χ4n) is 2.07. The number of aromatic nitrogens is 2. The number of hydrogen-bond donors (Lipinski definition) is 1. The smallest absolute Gasteiger partial charge is 0.131 e. The van der Waals surface area contributed by atoms with Crippen molar-refractivity contribution in [2.24, 2.45) is 0 Å². The van der Waals surface area contributed by atoms with Crippen LogP contribution in [-0.2, 0) is 23.1 Å². The van der Waals surface area contributed by atoms with Gasteiger partial charge in [-0.25, -0.2) is 0 Å². The highest BCUT2D eigenvalue weighted by Gasteiger charge is 2.28. The quantitative estimate of drug-likeness (QED) is 0.726. The Labute approximate surface area is 83.9 Å². The standard InChI is InChI=1S/C11H16N2O/c1-11(2,7-14)10-8-5-3-4-6-9(8)12-13-10/h7H,3-6H2,1-2H3,(H,12,13). The molecule has 0 unspecified atom stereocenters. The highest BCUT2D eigenvalue weighted by Crippen LogP contribution is 2.29. The number of hydrogen-bond acceptors (Lipinski definition) is 2. The number of H-pyrrole nitrogens is 1. The zero-order chi connectivity index (χ0) is 10.2. The number of aryl methyl sites for hydroxylation is 1. The molecule has 0 aromatic carbocycles. The van der Waals surface area contributed by atoms with Gasteiger partial charge in [0.1, 0.15) is 6.29 Å². The Morgan fingerprint density at radius 1 is 1.36 bits per heavy atom. The van der Waals surface area contributed by atoms with E-state index < -0.39 is 5.41 Å². The van der Waals surface area contributed by atoms with Crippen LogP contribution in [-0.4, -0.2) is 16.5 Å². The maximum absolute atomic E-state index is 11.0. The summed E-state index contributed by atoms with van der Waals surface area (Å²) in [6, 6.07) is 0. The summed E-state index contributed by atoms with van der Waals surface area (Å²) in [6.45, 7) is 3.84. The molecule has 0 saturated heterocycles. The van der Waals surface area contributed by atoms with Crippen LogP contribution in [0.15, 0.2) is 0 Å². The SMILES string of the molecule is CC(C)(C=O)c1n[nH]c2c1CCCC2. The van der Waals surface area contributed by atoms with E-state index in [1.54, 1.807) is 0 Å². The summed E-state index contributed by atoms with van der Waals surface area (Å²) in [6.07, 6.45) is 5.58. The first-order chi connectivity index (χ1) is 6.65. The highest BCUT2D eigenvalue weighted by molar-refractivity contribution is 5.67. The second-order valence-corrected chi connectivity index (χ2v) is 4.58. The fraction of sp³-hybridized carbons (Fsp3) is 0.636. The van der Waals surface area contributed by atoms with E-state index in [-0.39, 0.29) is 0 Å². The Morgan fingerprint density at radius 3 is 2.79 bits per heavy atom. The van der Waals surface area contributed by atoms with Gasteiger partial charge in [0.15, 0.2) is 0 Å². The molecule has 1 N–H and O–H groups in total. The lowest BCUT2D eigenvalue weighted by Gasteiger charge is -2.18. The Bertz CT molecular complexity index is 352. The molecule has 2 rings (SSSR count). The number of carbonyl (C=O) groups excluding carboxylic acids is 1. The highest BCUT2D eigenvalue weighted by atomic mass is 16.1. The average Bonchev–Trinajstić information content (AvgIpc) is 2.61. The molecule has 1 heterocycles. The van der Waals surface area contributed by atoms with Crippen molar-refractivity contribution >= 4 is 6.29 Å². The topological polar surface area (TPSA) is 45.8 Å². The largest absolute Gasteiger partial charge is 0.302 e. The average molecular weight is 192 g/mol. The second kappa shape index (κ2) is 3.23. The van der Waals surface area contributed by atoms with E-state index in [1.807, 2.05) is 13.8 Å². The molecule has 1 aromatic rings. The van der Waals surface area contributed by atoms with Gasteiger partial charge in [-0.2, -0.15) is 5.10 Å². The van der Waals surface area contributed by atoms with Gasteiger partial charge in [0, 0.05) is 5.69 Å². The summed E-state index contributed by atoms with van der Waals surface area (Å²) >= 11 is 0. The lowest BCUT2D eigenvalue weighted by molar-refractivity contribution is -0.111. The molecule has 0 bridgehead atoms. The number of nitrogens with one attached hydrogen (secondary N) is 1. The molecule has 0 radical (unpaired) electrons. The van der Waals surface area contributed by atoms with Crippen LogP contribution in [0.2, 0.25) is 0 Å². The molecule has 76 valence electrons. The number of aromatic amines is 1. The van der Waals surface area contributed by atoms with E-state index >= 15 is 0 Å². The van der Waals surface area contributed by atoms with Gasteiger partial charge in [-0.1, -0.05) is 0 Å². The van der Waals surface area contributed by atoms with Crippen LogP contribution in [0.4, 0.5) is 0 Å². The fourth-order valence-corrected chi connectivity index (χ4v) is 2.07. The van der Waals surface area contributed by atoms with Crippen molar-refractivity contribution in [3.63, 3.8) is 0 Å². The number of carbonyl (C=O) groups is 1. The van der Waals surface area contributed by atoms with Gasteiger partial charge in [0.2, 0.25) is 0 Å². The predicted octanol–water partition coefficient (Wildman–Crippen LogP) is 1.76. The second-order valence-electron chi connectivity index (χ2n) is 4.58. The molecule has 0 fully saturated rings. The van der Waals surface area contributed by atoms with E-state index in [0.717, 1.165) is 24.8 Å². The van der Waals surface area contributed by atoms with Crippen LogP contribution in [0.1, 0.15) is 43.6 Å². The third-order valence-corrected chi connectivity index (χ3v) is 2.96. The zero-order valence-electron chi connectivity index (χ0n) is 8.76. The summed E-state index contributed by atoms with van der Waals surface area (Å²) in [7, 11) is 0. The summed E-state index contributed by atoms with van der Waals surface area (Å²) < 4.78 is 0. The molecule has 1 aromatic heterocycles. The van der Waals surface area contributed by atoms with E-state index in [1.165, 1.54) is 24.1 Å². The van der Waals surface area contributed by atoms with Crippen LogP contribution in [0.3, 0.4) is 0 Å². The molecule has 0 spiro atoms. The molecular formula is C11H16N2O. The van der Waals surface area contributed by atoms with Crippen LogP contribution in [0.5, 0.6) is 0 Å². The van der Waals surface area contributed by atoms with Crippen LogP contribution < -0.4 is 0 Å². The molecule has 0 atom stereocenters. The Kier molecular flexibility index (Phi) is 2.17. The van der Waals surface area contributed by atoms with Crippen molar-refractivity contribution < 1.29 is 4.79 Å². The van der Waals surface area contributed by atoms with Crippen LogP contribution in [0.25, 0.3) is 0 Å². The van der Waals surface area contributed by atoms with Gasteiger partial charge >= 0.3 is 0 Å². The number of rotatable bonds is 2. The summed E-state index contributed by atoms with van der Waals surface area (Å²) in [5.41, 5.74) is 3.03. The lowest BCUT2D eigenvalue weighted by Crippen LogP contribution is -2.21. The monoisotopic (exact) mass is 192 g/mol. The van der Waals surface area contributed by atoms with E-state index in [4.69, 9.17) is 0 Å². The first-order valence-electron chi connectivity index (χ1n) is 5.18.